The van der Waals surface area contributed by atoms with Crippen LogP contribution in [0.2, 0.25) is 0 Å². The highest BCUT2D eigenvalue weighted by molar-refractivity contribution is 5.46. The Morgan fingerprint density at radius 3 is 2.90 bits per heavy atom. The average Bonchev–Trinajstić information content (AvgIpc) is 2.93. The summed E-state index contributed by atoms with van der Waals surface area (Å²) in [5.74, 6) is 2.22. The van der Waals surface area contributed by atoms with Crippen molar-refractivity contribution < 1.29 is 9.47 Å². The molecule has 0 aliphatic heterocycles. The fourth-order valence-electron chi connectivity index (χ4n) is 2.04. The van der Waals surface area contributed by atoms with Crippen LogP contribution in [-0.2, 0) is 19.6 Å². The fourth-order valence-corrected chi connectivity index (χ4v) is 2.04. The largest absolute Gasteiger partial charge is 0.493 e. The number of nitrogens with zero attached hydrogens (tertiary/aromatic N) is 3. The predicted octanol–water partition coefficient (Wildman–Crippen LogP) is 1.39. The summed E-state index contributed by atoms with van der Waals surface area (Å²) in [7, 11) is 1.63. The molecule has 0 bridgehead atoms. The van der Waals surface area contributed by atoms with Crippen LogP contribution in [0.5, 0.6) is 11.5 Å². The molecule has 0 saturated carbocycles. The number of para-hydroxylation sites is 1. The van der Waals surface area contributed by atoms with Crippen LogP contribution in [0.25, 0.3) is 0 Å². The molecule has 0 aliphatic rings. The molecule has 1 aromatic heterocycles. The molecule has 20 heavy (non-hydrogen) atoms. The summed E-state index contributed by atoms with van der Waals surface area (Å²) < 4.78 is 13.0. The van der Waals surface area contributed by atoms with Crippen molar-refractivity contribution in [2.45, 2.75) is 26.5 Å². The third-order valence-corrected chi connectivity index (χ3v) is 3.03. The number of aryl methyl sites for hydroxylation is 1. The van der Waals surface area contributed by atoms with Gasteiger partial charge < -0.3 is 15.2 Å². The maximum Gasteiger partial charge on any atom is 0.165 e. The summed E-state index contributed by atoms with van der Waals surface area (Å²) in [5, 5.41) is 4.12. The average molecular weight is 276 g/mol. The molecule has 0 radical (unpaired) electrons. The summed E-state index contributed by atoms with van der Waals surface area (Å²) >= 11 is 0. The molecule has 2 aromatic rings. The second kappa shape index (κ2) is 6.91. The van der Waals surface area contributed by atoms with Crippen molar-refractivity contribution in [3.05, 3.63) is 35.9 Å². The zero-order chi connectivity index (χ0) is 14.4. The van der Waals surface area contributed by atoms with E-state index in [0.717, 1.165) is 30.1 Å². The maximum atomic E-state index is 5.89. The predicted molar refractivity (Wildman–Crippen MR) is 75.8 cm³/mol. The highest BCUT2D eigenvalue weighted by atomic mass is 16.5. The van der Waals surface area contributed by atoms with Gasteiger partial charge in [-0.2, -0.15) is 5.10 Å². The summed E-state index contributed by atoms with van der Waals surface area (Å²) in [6, 6.07) is 5.81. The minimum atomic E-state index is 0.353. The SMILES string of the molecule is CCn1ncnc1COc1c(CCN)cccc1OC. The number of rotatable bonds is 7. The molecule has 1 aromatic carbocycles. The van der Waals surface area contributed by atoms with Gasteiger partial charge in [-0.25, -0.2) is 9.67 Å². The minimum Gasteiger partial charge on any atom is -0.493 e. The Hall–Kier alpha value is -2.08. The van der Waals surface area contributed by atoms with Gasteiger partial charge in [-0.05, 0) is 31.5 Å². The van der Waals surface area contributed by atoms with E-state index < -0.39 is 0 Å². The summed E-state index contributed by atoms with van der Waals surface area (Å²) in [4.78, 5) is 4.19. The number of aromatic nitrogens is 3. The molecule has 0 fully saturated rings. The van der Waals surface area contributed by atoms with E-state index in [9.17, 15) is 0 Å². The molecule has 0 saturated heterocycles. The second-order valence-electron chi connectivity index (χ2n) is 4.27. The Bertz CT molecular complexity index is 554. The first-order valence-electron chi connectivity index (χ1n) is 6.65. The smallest absolute Gasteiger partial charge is 0.165 e. The quantitative estimate of drug-likeness (QED) is 0.827. The van der Waals surface area contributed by atoms with E-state index in [0.29, 0.717) is 18.9 Å². The van der Waals surface area contributed by atoms with Crippen molar-refractivity contribution in [2.75, 3.05) is 13.7 Å². The summed E-state index contributed by atoms with van der Waals surface area (Å²) in [6.45, 7) is 3.70. The van der Waals surface area contributed by atoms with Crippen LogP contribution in [0.4, 0.5) is 0 Å². The van der Waals surface area contributed by atoms with Gasteiger partial charge in [0.05, 0.1) is 7.11 Å². The number of hydrogen-bond donors (Lipinski definition) is 1. The van der Waals surface area contributed by atoms with Gasteiger partial charge in [0.25, 0.3) is 0 Å². The maximum absolute atomic E-state index is 5.89. The number of nitrogens with two attached hydrogens (primary N) is 1. The van der Waals surface area contributed by atoms with Gasteiger partial charge in [0.15, 0.2) is 17.3 Å². The first-order chi connectivity index (χ1) is 9.80. The lowest BCUT2D eigenvalue weighted by molar-refractivity contribution is 0.267. The summed E-state index contributed by atoms with van der Waals surface area (Å²) in [5.41, 5.74) is 6.67. The third-order valence-electron chi connectivity index (χ3n) is 3.03. The number of methoxy groups -OCH3 is 1. The number of ether oxygens (including phenoxy) is 2. The van der Waals surface area contributed by atoms with E-state index in [1.807, 2.05) is 25.1 Å². The Labute approximate surface area is 118 Å². The van der Waals surface area contributed by atoms with E-state index in [4.69, 9.17) is 15.2 Å². The molecule has 0 aliphatic carbocycles. The van der Waals surface area contributed by atoms with E-state index >= 15 is 0 Å². The molecule has 108 valence electrons. The lowest BCUT2D eigenvalue weighted by Crippen LogP contribution is -2.10. The van der Waals surface area contributed by atoms with Crippen LogP contribution in [-0.4, -0.2) is 28.4 Å². The third kappa shape index (κ3) is 3.08. The molecule has 6 heteroatoms. The van der Waals surface area contributed by atoms with Gasteiger partial charge in [-0.15, -0.1) is 0 Å². The van der Waals surface area contributed by atoms with E-state index in [1.165, 1.54) is 6.33 Å². The normalized spacial score (nSPS) is 10.6. The van der Waals surface area contributed by atoms with Gasteiger partial charge >= 0.3 is 0 Å². The molecule has 2 rings (SSSR count). The number of benzene rings is 1. The van der Waals surface area contributed by atoms with Crippen LogP contribution in [0.1, 0.15) is 18.3 Å². The van der Waals surface area contributed by atoms with Gasteiger partial charge in [-0.1, -0.05) is 12.1 Å². The molecule has 1 heterocycles. The molecule has 2 N–H and O–H groups in total. The van der Waals surface area contributed by atoms with Crippen LogP contribution < -0.4 is 15.2 Å². The zero-order valence-electron chi connectivity index (χ0n) is 11.9. The van der Waals surface area contributed by atoms with E-state index in [1.54, 1.807) is 11.8 Å². The lowest BCUT2D eigenvalue weighted by atomic mass is 10.1. The van der Waals surface area contributed by atoms with Crippen molar-refractivity contribution in [2.24, 2.45) is 5.73 Å². The Morgan fingerprint density at radius 1 is 1.35 bits per heavy atom. The molecule has 0 atom stereocenters. The topological polar surface area (TPSA) is 75.2 Å². The monoisotopic (exact) mass is 276 g/mol. The van der Waals surface area contributed by atoms with E-state index in [-0.39, 0.29) is 0 Å². The van der Waals surface area contributed by atoms with Crippen LogP contribution >= 0.6 is 0 Å². The molecular formula is C14H20N4O2. The van der Waals surface area contributed by atoms with Crippen molar-refractivity contribution in [3.63, 3.8) is 0 Å². The Morgan fingerprint density at radius 2 is 2.20 bits per heavy atom. The minimum absolute atomic E-state index is 0.353. The van der Waals surface area contributed by atoms with Gasteiger partial charge in [0.1, 0.15) is 12.9 Å². The Kier molecular flexibility index (Phi) is 4.95. The van der Waals surface area contributed by atoms with E-state index in [2.05, 4.69) is 10.1 Å². The molecule has 0 amide bonds. The van der Waals surface area contributed by atoms with Gasteiger partial charge in [-0.3, -0.25) is 0 Å². The molecule has 0 unspecified atom stereocenters. The first kappa shape index (κ1) is 14.3. The second-order valence-corrected chi connectivity index (χ2v) is 4.27. The highest BCUT2D eigenvalue weighted by Gasteiger charge is 2.12. The molecular weight excluding hydrogens is 256 g/mol. The summed E-state index contributed by atoms with van der Waals surface area (Å²) in [6.07, 6.45) is 2.28. The van der Waals surface area contributed by atoms with Crippen molar-refractivity contribution in [1.82, 2.24) is 14.8 Å². The molecule has 6 nitrogen and oxygen atoms in total. The standard InChI is InChI=1S/C14H20N4O2/c1-3-18-13(16-10-17-18)9-20-14-11(7-8-15)5-4-6-12(14)19-2/h4-6,10H,3,7-9,15H2,1-2H3. The fraction of sp³-hybridized carbons (Fsp3) is 0.429. The highest BCUT2D eigenvalue weighted by Crippen LogP contribution is 2.31. The van der Waals surface area contributed by atoms with Gasteiger partial charge in [0.2, 0.25) is 0 Å². The van der Waals surface area contributed by atoms with Crippen LogP contribution in [0.3, 0.4) is 0 Å². The number of hydrogen-bond acceptors (Lipinski definition) is 5. The van der Waals surface area contributed by atoms with Crippen molar-refractivity contribution in [3.8, 4) is 11.5 Å². The first-order valence-corrected chi connectivity index (χ1v) is 6.65. The zero-order valence-corrected chi connectivity index (χ0v) is 11.9. The Balaban J connectivity index is 2.19. The van der Waals surface area contributed by atoms with Crippen LogP contribution in [0.15, 0.2) is 24.5 Å². The lowest BCUT2D eigenvalue weighted by Gasteiger charge is -2.14. The van der Waals surface area contributed by atoms with Crippen molar-refractivity contribution >= 4 is 0 Å². The molecule has 0 spiro atoms. The van der Waals surface area contributed by atoms with Crippen molar-refractivity contribution in [1.29, 1.82) is 0 Å². The van der Waals surface area contributed by atoms with Crippen LogP contribution in [0, 0.1) is 0 Å². The van der Waals surface area contributed by atoms with Gasteiger partial charge in [0, 0.05) is 6.54 Å².